The molecule has 4 rings (SSSR count). The molecule has 1 heterocycles. The summed E-state index contributed by atoms with van der Waals surface area (Å²) in [5.41, 5.74) is 3.38. The molecule has 1 aliphatic rings. The average Bonchev–Trinajstić information content (AvgIpc) is 3.42. The molecule has 0 bridgehead atoms. The maximum Gasteiger partial charge on any atom is 0.227 e. The number of aryl methyl sites for hydroxylation is 1. The van der Waals surface area contributed by atoms with Gasteiger partial charge in [-0.2, -0.15) is 0 Å². The van der Waals surface area contributed by atoms with Crippen LogP contribution in [0.3, 0.4) is 0 Å². The first-order valence-corrected chi connectivity index (χ1v) is 15.2. The maximum absolute atomic E-state index is 12.9. The molecule has 1 unspecified atom stereocenters. The van der Waals surface area contributed by atoms with E-state index >= 15 is 0 Å². The summed E-state index contributed by atoms with van der Waals surface area (Å²) in [6.07, 6.45) is 11.7. The zero-order valence-corrected chi connectivity index (χ0v) is 25.8. The summed E-state index contributed by atoms with van der Waals surface area (Å²) >= 11 is 0. The maximum atomic E-state index is 12.9. The van der Waals surface area contributed by atoms with Gasteiger partial charge < -0.3 is 14.4 Å². The SMILES string of the molecule is CC.CC/C(=C\C=C/COCc1ccccc1)OC.O=C1CC(CCCCc2ccc(F)cc2)CN1c1ccccc1. The number of unbranched alkanes of at least 4 members (excludes halogenated alkanes) is 1. The number of hydrogen-bond acceptors (Lipinski definition) is 3. The van der Waals surface area contributed by atoms with Gasteiger partial charge in [0.05, 0.1) is 26.1 Å². The van der Waals surface area contributed by atoms with Gasteiger partial charge in [-0.3, -0.25) is 4.79 Å². The van der Waals surface area contributed by atoms with Crippen LogP contribution in [0.5, 0.6) is 0 Å². The highest BCUT2D eigenvalue weighted by molar-refractivity contribution is 5.95. The first-order chi connectivity index (χ1) is 20.6. The quantitative estimate of drug-likeness (QED) is 0.116. The molecule has 0 N–H and O–H groups in total. The Morgan fingerprint density at radius 1 is 0.929 bits per heavy atom. The van der Waals surface area contributed by atoms with Crippen LogP contribution in [0.2, 0.25) is 0 Å². The molecule has 1 saturated heterocycles. The summed E-state index contributed by atoms with van der Waals surface area (Å²) in [5, 5.41) is 0. The van der Waals surface area contributed by atoms with Crippen LogP contribution in [0.25, 0.3) is 0 Å². The number of para-hydroxylation sites is 1. The lowest BCUT2D eigenvalue weighted by Crippen LogP contribution is -2.24. The van der Waals surface area contributed by atoms with Gasteiger partial charge in [0.25, 0.3) is 0 Å². The van der Waals surface area contributed by atoms with Crippen molar-refractivity contribution < 1.29 is 18.7 Å². The summed E-state index contributed by atoms with van der Waals surface area (Å²) in [7, 11) is 1.69. The molecule has 0 aliphatic carbocycles. The Balaban J connectivity index is 0.000000290. The summed E-state index contributed by atoms with van der Waals surface area (Å²) < 4.78 is 23.5. The van der Waals surface area contributed by atoms with Gasteiger partial charge >= 0.3 is 0 Å². The number of carbonyl (C=O) groups excluding carboxylic acids is 1. The topological polar surface area (TPSA) is 38.8 Å². The number of benzene rings is 3. The van der Waals surface area contributed by atoms with E-state index in [0.717, 1.165) is 50.1 Å². The van der Waals surface area contributed by atoms with E-state index in [-0.39, 0.29) is 11.7 Å². The van der Waals surface area contributed by atoms with Gasteiger partial charge in [-0.1, -0.05) is 100 Å². The fourth-order valence-electron chi connectivity index (χ4n) is 4.63. The lowest BCUT2D eigenvalue weighted by atomic mass is 9.99. The number of anilines is 1. The highest BCUT2D eigenvalue weighted by atomic mass is 19.1. The van der Waals surface area contributed by atoms with Crippen molar-refractivity contribution in [3.05, 3.63) is 126 Å². The van der Waals surface area contributed by atoms with Crippen molar-refractivity contribution in [2.45, 2.75) is 65.9 Å². The molecule has 4 nitrogen and oxygen atoms in total. The van der Waals surface area contributed by atoms with E-state index in [9.17, 15) is 9.18 Å². The van der Waals surface area contributed by atoms with Crippen LogP contribution < -0.4 is 4.90 Å². The molecule has 1 fully saturated rings. The molecular weight excluding hydrogens is 525 g/mol. The second-order valence-corrected chi connectivity index (χ2v) is 9.90. The van der Waals surface area contributed by atoms with E-state index in [4.69, 9.17) is 9.47 Å². The average molecular weight is 574 g/mol. The molecule has 1 aliphatic heterocycles. The normalized spacial score (nSPS) is 14.7. The van der Waals surface area contributed by atoms with Crippen molar-refractivity contribution in [1.82, 2.24) is 0 Å². The zero-order valence-electron chi connectivity index (χ0n) is 25.8. The summed E-state index contributed by atoms with van der Waals surface area (Å²) in [6.45, 7) is 8.17. The van der Waals surface area contributed by atoms with Crippen LogP contribution in [0.15, 0.2) is 109 Å². The van der Waals surface area contributed by atoms with Crippen LogP contribution in [0.1, 0.15) is 64.0 Å². The molecule has 3 aromatic carbocycles. The minimum absolute atomic E-state index is 0.181. The molecule has 3 aromatic rings. The number of carbonyl (C=O) groups is 1. The van der Waals surface area contributed by atoms with Crippen molar-refractivity contribution in [3.63, 3.8) is 0 Å². The molecule has 0 aromatic heterocycles. The Morgan fingerprint density at radius 2 is 1.60 bits per heavy atom. The van der Waals surface area contributed by atoms with E-state index in [1.807, 2.05) is 97.6 Å². The monoisotopic (exact) mass is 573 g/mol. The van der Waals surface area contributed by atoms with Gasteiger partial charge in [0.15, 0.2) is 0 Å². The second kappa shape index (κ2) is 21.1. The second-order valence-electron chi connectivity index (χ2n) is 9.90. The minimum Gasteiger partial charge on any atom is -0.501 e. The number of nitrogens with zero attached hydrogens (tertiary/aromatic N) is 1. The van der Waals surface area contributed by atoms with E-state index in [1.54, 1.807) is 7.11 Å². The molecule has 1 atom stereocenters. The predicted molar refractivity (Wildman–Crippen MR) is 173 cm³/mol. The predicted octanol–water partition coefficient (Wildman–Crippen LogP) is 9.32. The van der Waals surface area contributed by atoms with Gasteiger partial charge in [0.2, 0.25) is 5.91 Å². The van der Waals surface area contributed by atoms with Crippen molar-refractivity contribution in [2.24, 2.45) is 5.92 Å². The van der Waals surface area contributed by atoms with Crippen LogP contribution in [0.4, 0.5) is 10.1 Å². The van der Waals surface area contributed by atoms with Gasteiger partial charge in [-0.05, 0) is 66.6 Å². The molecule has 0 spiro atoms. The minimum atomic E-state index is -0.181. The molecule has 1 amide bonds. The molecule has 42 heavy (non-hydrogen) atoms. The fourth-order valence-corrected chi connectivity index (χ4v) is 4.63. The molecule has 0 radical (unpaired) electrons. The Labute approximate surface area is 252 Å². The van der Waals surface area contributed by atoms with E-state index in [1.165, 1.54) is 23.3 Å². The number of allylic oxidation sites excluding steroid dienone is 3. The third kappa shape index (κ3) is 13.3. The number of rotatable bonds is 13. The first-order valence-electron chi connectivity index (χ1n) is 15.2. The van der Waals surface area contributed by atoms with Gasteiger partial charge in [-0.15, -0.1) is 0 Å². The van der Waals surface area contributed by atoms with Crippen LogP contribution in [-0.2, 0) is 27.3 Å². The number of ether oxygens (including phenoxy) is 2. The Morgan fingerprint density at radius 3 is 2.24 bits per heavy atom. The van der Waals surface area contributed by atoms with Gasteiger partial charge in [0.1, 0.15) is 5.82 Å². The Kier molecular flexibility index (Phi) is 17.3. The van der Waals surface area contributed by atoms with Gasteiger partial charge in [0, 0.05) is 25.1 Å². The number of hydrogen-bond donors (Lipinski definition) is 0. The van der Waals surface area contributed by atoms with Gasteiger partial charge in [-0.25, -0.2) is 4.39 Å². The molecular formula is C37H48FNO3. The standard InChI is InChI=1S/C20H22FNO.C15H20O2.C2H6/c21-18-12-10-16(11-13-18)6-4-5-7-17-14-20(23)22(15-17)19-8-2-1-3-9-19;1-3-15(16-2)11-7-8-12-17-13-14-9-5-4-6-10-14;1-2/h1-3,8-13,17H,4-7,14-15H2;4-11H,3,12-13H2,1-2H3;1-2H3/b;8-7-,15-11+;. The third-order valence-corrected chi connectivity index (χ3v) is 6.87. The summed E-state index contributed by atoms with van der Waals surface area (Å²) in [4.78, 5) is 14.1. The number of methoxy groups -OCH3 is 1. The Hall–Kier alpha value is -3.70. The molecule has 226 valence electrons. The first kappa shape index (κ1) is 34.5. The number of halogens is 1. The van der Waals surface area contributed by atoms with Crippen molar-refractivity contribution >= 4 is 11.6 Å². The fraction of sp³-hybridized carbons (Fsp3) is 0.378. The number of amides is 1. The third-order valence-electron chi connectivity index (χ3n) is 6.87. The van der Waals surface area contributed by atoms with Crippen molar-refractivity contribution in [2.75, 3.05) is 25.2 Å². The lowest BCUT2D eigenvalue weighted by Gasteiger charge is -2.16. The molecule has 5 heteroatoms. The van der Waals surface area contributed by atoms with Crippen molar-refractivity contribution in [1.29, 1.82) is 0 Å². The smallest absolute Gasteiger partial charge is 0.227 e. The van der Waals surface area contributed by atoms with Crippen molar-refractivity contribution in [3.8, 4) is 0 Å². The highest BCUT2D eigenvalue weighted by Gasteiger charge is 2.29. The van der Waals surface area contributed by atoms with Crippen LogP contribution in [0, 0.1) is 11.7 Å². The molecule has 0 saturated carbocycles. The van der Waals surface area contributed by atoms with E-state index in [0.29, 0.717) is 25.6 Å². The summed E-state index contributed by atoms with van der Waals surface area (Å²) in [5.74, 6) is 1.49. The summed E-state index contributed by atoms with van der Waals surface area (Å²) in [6, 6.07) is 26.8. The Bertz CT molecular complexity index is 1170. The van der Waals surface area contributed by atoms with Crippen LogP contribution >= 0.6 is 0 Å². The van der Waals surface area contributed by atoms with Crippen LogP contribution in [-0.4, -0.2) is 26.2 Å². The largest absolute Gasteiger partial charge is 0.501 e. The zero-order chi connectivity index (χ0) is 30.4. The van der Waals surface area contributed by atoms with E-state index in [2.05, 4.69) is 19.1 Å². The lowest BCUT2D eigenvalue weighted by molar-refractivity contribution is -0.117. The highest BCUT2D eigenvalue weighted by Crippen LogP contribution is 2.28. The van der Waals surface area contributed by atoms with E-state index < -0.39 is 0 Å².